The number of aromatic amines is 1. The van der Waals surface area contributed by atoms with Crippen LogP contribution in [0.2, 0.25) is 0 Å². The molecule has 2 aliphatic rings. The first-order valence-electron chi connectivity index (χ1n) is 7.12. The Labute approximate surface area is 113 Å². The van der Waals surface area contributed by atoms with E-state index in [9.17, 15) is 5.11 Å². The number of nitrogens with one attached hydrogen (secondary N) is 2. The third kappa shape index (κ3) is 2.34. The van der Waals surface area contributed by atoms with Crippen LogP contribution in [-0.4, -0.2) is 52.6 Å². The highest BCUT2D eigenvalue weighted by Gasteiger charge is 2.36. The lowest BCUT2D eigenvalue weighted by atomic mass is 9.94. The fourth-order valence-corrected chi connectivity index (χ4v) is 2.98. The number of aromatic nitrogens is 3. The lowest BCUT2D eigenvalue weighted by molar-refractivity contribution is 0.212. The van der Waals surface area contributed by atoms with Crippen LogP contribution in [0.4, 0.5) is 5.95 Å². The van der Waals surface area contributed by atoms with Gasteiger partial charge in [0.2, 0.25) is 5.95 Å². The maximum atomic E-state index is 9.38. The van der Waals surface area contributed by atoms with Crippen LogP contribution >= 0.6 is 0 Å². The molecule has 0 bridgehead atoms. The van der Waals surface area contributed by atoms with Crippen LogP contribution in [0, 0.1) is 5.92 Å². The van der Waals surface area contributed by atoms with Crippen molar-refractivity contribution in [2.24, 2.45) is 5.92 Å². The van der Waals surface area contributed by atoms with Gasteiger partial charge in [0.05, 0.1) is 6.61 Å². The molecule has 1 aromatic heterocycles. The second kappa shape index (κ2) is 4.76. The van der Waals surface area contributed by atoms with Gasteiger partial charge in [-0.3, -0.25) is 5.10 Å². The summed E-state index contributed by atoms with van der Waals surface area (Å²) < 4.78 is 0. The topological polar surface area (TPSA) is 77.1 Å². The number of hydrogen-bond donors (Lipinski definition) is 3. The van der Waals surface area contributed by atoms with Gasteiger partial charge in [0.15, 0.2) is 0 Å². The number of aliphatic hydroxyl groups is 1. The third-order valence-electron chi connectivity index (χ3n) is 4.39. The first-order chi connectivity index (χ1) is 9.10. The van der Waals surface area contributed by atoms with Crippen molar-refractivity contribution >= 4 is 5.95 Å². The average molecular weight is 265 g/mol. The van der Waals surface area contributed by atoms with E-state index in [4.69, 9.17) is 0 Å². The molecule has 0 saturated carbocycles. The molecule has 6 heteroatoms. The lowest BCUT2D eigenvalue weighted by Gasteiger charge is -2.24. The van der Waals surface area contributed by atoms with Gasteiger partial charge < -0.3 is 15.3 Å². The molecular formula is C13H23N5O. The van der Waals surface area contributed by atoms with Crippen LogP contribution in [0.3, 0.4) is 0 Å². The van der Waals surface area contributed by atoms with Crippen molar-refractivity contribution in [1.82, 2.24) is 20.5 Å². The summed E-state index contributed by atoms with van der Waals surface area (Å²) in [5.74, 6) is 2.25. The Bertz CT molecular complexity index is 430. The van der Waals surface area contributed by atoms with Crippen LogP contribution < -0.4 is 10.2 Å². The molecule has 0 amide bonds. The second-order valence-electron chi connectivity index (χ2n) is 6.39. The molecule has 2 saturated heterocycles. The van der Waals surface area contributed by atoms with E-state index in [1.54, 1.807) is 0 Å². The Kier molecular flexibility index (Phi) is 3.22. The van der Waals surface area contributed by atoms with Gasteiger partial charge in [0.25, 0.3) is 0 Å². The zero-order valence-electron chi connectivity index (χ0n) is 11.7. The van der Waals surface area contributed by atoms with Crippen molar-refractivity contribution in [2.75, 3.05) is 31.1 Å². The molecule has 0 spiro atoms. The van der Waals surface area contributed by atoms with E-state index < -0.39 is 0 Å². The SMILES string of the molecule is CC(C)(CO)c1nc(N2CC3CCCNC3C2)n[nH]1. The Morgan fingerprint density at radius 1 is 1.42 bits per heavy atom. The van der Waals surface area contributed by atoms with E-state index in [0.717, 1.165) is 37.3 Å². The van der Waals surface area contributed by atoms with Gasteiger partial charge in [-0.05, 0) is 25.3 Å². The van der Waals surface area contributed by atoms with Crippen molar-refractivity contribution in [3.05, 3.63) is 5.82 Å². The van der Waals surface area contributed by atoms with Gasteiger partial charge in [-0.25, -0.2) is 0 Å². The lowest BCUT2D eigenvalue weighted by Crippen LogP contribution is -2.40. The zero-order chi connectivity index (χ0) is 13.5. The highest BCUT2D eigenvalue weighted by Crippen LogP contribution is 2.28. The summed E-state index contributed by atoms with van der Waals surface area (Å²) in [6, 6.07) is 0.585. The zero-order valence-corrected chi connectivity index (χ0v) is 11.7. The van der Waals surface area contributed by atoms with Gasteiger partial charge in [-0.2, -0.15) is 4.98 Å². The van der Waals surface area contributed by atoms with E-state index in [1.807, 2.05) is 13.8 Å². The quantitative estimate of drug-likeness (QED) is 0.731. The third-order valence-corrected chi connectivity index (χ3v) is 4.39. The maximum Gasteiger partial charge on any atom is 0.244 e. The number of H-pyrrole nitrogens is 1. The summed E-state index contributed by atoms with van der Waals surface area (Å²) >= 11 is 0. The van der Waals surface area contributed by atoms with E-state index in [0.29, 0.717) is 6.04 Å². The normalized spacial score (nSPS) is 27.6. The Morgan fingerprint density at radius 3 is 3.00 bits per heavy atom. The molecule has 19 heavy (non-hydrogen) atoms. The Morgan fingerprint density at radius 2 is 2.26 bits per heavy atom. The number of fused-ring (bicyclic) bond motifs is 1. The van der Waals surface area contributed by atoms with Gasteiger partial charge in [-0.15, -0.1) is 5.10 Å². The maximum absolute atomic E-state index is 9.38. The molecular weight excluding hydrogens is 242 g/mol. The molecule has 2 unspecified atom stereocenters. The van der Waals surface area contributed by atoms with E-state index in [-0.39, 0.29) is 12.0 Å². The van der Waals surface area contributed by atoms with Crippen molar-refractivity contribution in [1.29, 1.82) is 0 Å². The number of rotatable bonds is 3. The number of anilines is 1. The highest BCUT2D eigenvalue weighted by molar-refractivity contribution is 5.33. The smallest absolute Gasteiger partial charge is 0.244 e. The first-order valence-corrected chi connectivity index (χ1v) is 7.12. The van der Waals surface area contributed by atoms with Gasteiger partial charge in [0.1, 0.15) is 5.82 Å². The molecule has 106 valence electrons. The summed E-state index contributed by atoms with van der Waals surface area (Å²) in [5, 5.41) is 20.3. The molecule has 3 N–H and O–H groups in total. The first kappa shape index (κ1) is 12.9. The standard InChI is InChI=1S/C13H23N5O/c1-13(2,8-19)11-15-12(17-16-11)18-6-9-4-3-5-14-10(9)7-18/h9-10,14,19H,3-8H2,1-2H3,(H,15,16,17). The van der Waals surface area contributed by atoms with Crippen LogP contribution in [0.1, 0.15) is 32.5 Å². The summed E-state index contributed by atoms with van der Waals surface area (Å²) in [7, 11) is 0. The average Bonchev–Trinajstić information content (AvgIpc) is 3.05. The van der Waals surface area contributed by atoms with Crippen molar-refractivity contribution in [3.8, 4) is 0 Å². The molecule has 6 nitrogen and oxygen atoms in total. The van der Waals surface area contributed by atoms with Gasteiger partial charge in [-0.1, -0.05) is 13.8 Å². The van der Waals surface area contributed by atoms with Crippen LogP contribution in [0.15, 0.2) is 0 Å². The highest BCUT2D eigenvalue weighted by atomic mass is 16.3. The summed E-state index contributed by atoms with van der Waals surface area (Å²) in [6.07, 6.45) is 2.57. The Balaban J connectivity index is 1.73. The Hall–Kier alpha value is -1.14. The molecule has 2 fully saturated rings. The molecule has 2 atom stereocenters. The van der Waals surface area contributed by atoms with Gasteiger partial charge in [0, 0.05) is 24.5 Å². The molecule has 3 heterocycles. The van der Waals surface area contributed by atoms with E-state index in [2.05, 4.69) is 25.4 Å². The van der Waals surface area contributed by atoms with E-state index in [1.165, 1.54) is 12.8 Å². The molecule has 0 aliphatic carbocycles. The van der Waals surface area contributed by atoms with Crippen LogP contribution in [-0.2, 0) is 5.41 Å². The minimum atomic E-state index is -0.365. The fourth-order valence-electron chi connectivity index (χ4n) is 2.98. The van der Waals surface area contributed by atoms with Gasteiger partial charge >= 0.3 is 0 Å². The molecule has 1 aromatic rings. The van der Waals surface area contributed by atoms with Crippen molar-refractivity contribution in [3.63, 3.8) is 0 Å². The largest absolute Gasteiger partial charge is 0.395 e. The monoisotopic (exact) mass is 265 g/mol. The number of nitrogens with zero attached hydrogens (tertiary/aromatic N) is 3. The van der Waals surface area contributed by atoms with Crippen molar-refractivity contribution < 1.29 is 5.11 Å². The van der Waals surface area contributed by atoms with Crippen LogP contribution in [0.5, 0.6) is 0 Å². The van der Waals surface area contributed by atoms with E-state index >= 15 is 0 Å². The predicted molar refractivity (Wildman–Crippen MR) is 73.2 cm³/mol. The molecule has 2 aliphatic heterocycles. The molecule has 3 rings (SSSR count). The summed E-state index contributed by atoms with van der Waals surface area (Å²) in [4.78, 5) is 6.82. The fraction of sp³-hybridized carbons (Fsp3) is 0.846. The number of aliphatic hydroxyl groups excluding tert-OH is 1. The summed E-state index contributed by atoms with van der Waals surface area (Å²) in [6.45, 7) is 7.14. The predicted octanol–water partition coefficient (Wildman–Crippen LogP) is 0.263. The number of hydrogen-bond acceptors (Lipinski definition) is 5. The molecule has 0 radical (unpaired) electrons. The minimum absolute atomic E-state index is 0.0639. The van der Waals surface area contributed by atoms with Crippen molar-refractivity contribution in [2.45, 2.75) is 38.1 Å². The second-order valence-corrected chi connectivity index (χ2v) is 6.39. The number of piperidine rings is 1. The molecule has 0 aromatic carbocycles. The summed E-state index contributed by atoms with van der Waals surface area (Å²) in [5.41, 5.74) is -0.365. The van der Waals surface area contributed by atoms with Crippen LogP contribution in [0.25, 0.3) is 0 Å². The minimum Gasteiger partial charge on any atom is -0.395 e.